The summed E-state index contributed by atoms with van der Waals surface area (Å²) in [5.74, 6) is -1.27. The molecule has 31 heavy (non-hydrogen) atoms. The number of aliphatic hydroxyl groups excluding tert-OH is 1. The molecule has 0 aliphatic carbocycles. The molecule has 2 atom stereocenters. The summed E-state index contributed by atoms with van der Waals surface area (Å²) in [7, 11) is 0. The molecule has 2 aromatic rings. The highest BCUT2D eigenvalue weighted by atomic mass is 16.5. The third kappa shape index (κ3) is 5.09. The minimum atomic E-state index is -1.53. The molecule has 0 saturated heterocycles. The Morgan fingerprint density at radius 3 is 2.48 bits per heavy atom. The smallest absolute Gasteiger partial charge is 0.202 e. The molecule has 164 valence electrons. The minimum Gasteiger partial charge on any atom is -0.508 e. The molecule has 0 aromatic heterocycles. The van der Waals surface area contributed by atoms with Crippen LogP contribution in [0.25, 0.3) is 0 Å². The highest BCUT2D eigenvalue weighted by Gasteiger charge is 2.39. The quantitative estimate of drug-likeness (QED) is 0.500. The largest absolute Gasteiger partial charge is 0.508 e. The molecule has 0 bridgehead atoms. The molecular formula is C25H28O6. The molecule has 4 N–H and O–H groups in total. The molecule has 0 spiro atoms. The molecule has 0 radical (unpaired) electrons. The molecular weight excluding hydrogens is 396 g/mol. The Bertz CT molecular complexity index is 1050. The summed E-state index contributed by atoms with van der Waals surface area (Å²) >= 11 is 0. The molecule has 1 aliphatic rings. The summed E-state index contributed by atoms with van der Waals surface area (Å²) in [6.07, 6.45) is 4.06. The average Bonchev–Trinajstić information content (AvgIpc) is 2.69. The van der Waals surface area contributed by atoms with Gasteiger partial charge in [-0.1, -0.05) is 29.4 Å². The Morgan fingerprint density at radius 2 is 1.77 bits per heavy atom. The first-order valence-electron chi connectivity index (χ1n) is 10.2. The monoisotopic (exact) mass is 424 g/mol. The zero-order valence-electron chi connectivity index (χ0n) is 17.9. The van der Waals surface area contributed by atoms with Gasteiger partial charge in [-0.05, 0) is 63.3 Å². The first-order chi connectivity index (χ1) is 14.7. The van der Waals surface area contributed by atoms with Crippen molar-refractivity contribution >= 4 is 5.78 Å². The van der Waals surface area contributed by atoms with Crippen LogP contribution < -0.4 is 4.74 Å². The lowest BCUT2D eigenvalue weighted by Gasteiger charge is -2.30. The van der Waals surface area contributed by atoms with Crippen LogP contribution in [0.15, 0.2) is 53.6 Å². The van der Waals surface area contributed by atoms with Gasteiger partial charge in [0.25, 0.3) is 0 Å². The normalized spacial score (nSPS) is 18.3. The van der Waals surface area contributed by atoms with Gasteiger partial charge in [0.1, 0.15) is 28.6 Å². The van der Waals surface area contributed by atoms with Gasteiger partial charge >= 0.3 is 0 Å². The fourth-order valence-electron chi connectivity index (χ4n) is 3.58. The third-order valence-electron chi connectivity index (χ3n) is 5.32. The van der Waals surface area contributed by atoms with Gasteiger partial charge < -0.3 is 25.2 Å². The number of ketones is 1. The number of hydrogen-bond acceptors (Lipinski definition) is 6. The Labute approximate surface area is 181 Å². The minimum absolute atomic E-state index is 0.00226. The molecule has 2 aromatic carbocycles. The van der Waals surface area contributed by atoms with E-state index in [1.165, 1.54) is 23.3 Å². The van der Waals surface area contributed by atoms with Gasteiger partial charge in [0, 0.05) is 12.1 Å². The van der Waals surface area contributed by atoms with E-state index in [4.69, 9.17) is 4.74 Å². The van der Waals surface area contributed by atoms with E-state index in [9.17, 15) is 25.2 Å². The van der Waals surface area contributed by atoms with Crippen LogP contribution in [0.3, 0.4) is 0 Å². The van der Waals surface area contributed by atoms with Crippen molar-refractivity contribution in [2.45, 2.75) is 52.2 Å². The number of Topliss-reactive ketones (excluding diaryl/α,β-unsaturated/α-hetero) is 1. The number of rotatable bonds is 6. The maximum Gasteiger partial charge on any atom is 0.202 e. The zero-order chi connectivity index (χ0) is 22.7. The number of phenols is 3. The highest BCUT2D eigenvalue weighted by Crippen LogP contribution is 2.42. The van der Waals surface area contributed by atoms with Crippen molar-refractivity contribution in [3.63, 3.8) is 0 Å². The zero-order valence-corrected chi connectivity index (χ0v) is 17.9. The van der Waals surface area contributed by atoms with Crippen molar-refractivity contribution in [2.24, 2.45) is 0 Å². The Balaban J connectivity index is 1.84. The van der Waals surface area contributed by atoms with E-state index in [0.717, 1.165) is 18.9 Å². The Hall–Kier alpha value is -3.25. The maximum atomic E-state index is 12.6. The van der Waals surface area contributed by atoms with E-state index in [0.29, 0.717) is 17.5 Å². The van der Waals surface area contributed by atoms with Gasteiger partial charge in [-0.15, -0.1) is 0 Å². The van der Waals surface area contributed by atoms with Gasteiger partial charge in [0.15, 0.2) is 12.2 Å². The van der Waals surface area contributed by atoms with Crippen LogP contribution in [0.1, 0.15) is 61.2 Å². The summed E-state index contributed by atoms with van der Waals surface area (Å²) in [6.45, 7) is 6.18. The number of fused-ring (bicyclic) bond motifs is 1. The van der Waals surface area contributed by atoms with Crippen molar-refractivity contribution in [2.75, 3.05) is 0 Å². The predicted molar refractivity (Wildman–Crippen MR) is 118 cm³/mol. The first-order valence-corrected chi connectivity index (χ1v) is 10.2. The molecule has 0 amide bonds. The van der Waals surface area contributed by atoms with Crippen LogP contribution in [-0.4, -0.2) is 32.3 Å². The summed E-state index contributed by atoms with van der Waals surface area (Å²) in [5.41, 5.74) is 3.48. The fourth-order valence-corrected chi connectivity index (χ4v) is 3.58. The molecule has 0 fully saturated rings. The van der Waals surface area contributed by atoms with Crippen LogP contribution in [0.5, 0.6) is 23.0 Å². The van der Waals surface area contributed by atoms with Crippen molar-refractivity contribution < 1.29 is 30.0 Å². The Kier molecular flexibility index (Phi) is 6.71. The molecule has 6 heteroatoms. The number of hydrogen-bond donors (Lipinski definition) is 4. The van der Waals surface area contributed by atoms with Gasteiger partial charge in [-0.2, -0.15) is 0 Å². The van der Waals surface area contributed by atoms with E-state index in [-0.39, 0.29) is 22.8 Å². The number of carbonyl (C=O) groups is 1. The molecule has 1 aliphatic heterocycles. The van der Waals surface area contributed by atoms with E-state index < -0.39 is 23.7 Å². The summed E-state index contributed by atoms with van der Waals surface area (Å²) in [5, 5.41) is 40.5. The predicted octanol–water partition coefficient (Wildman–Crippen LogP) is 4.72. The lowest BCUT2D eigenvalue weighted by atomic mass is 9.91. The van der Waals surface area contributed by atoms with Crippen molar-refractivity contribution in [1.82, 2.24) is 0 Å². The van der Waals surface area contributed by atoms with Gasteiger partial charge in [0.05, 0.1) is 0 Å². The van der Waals surface area contributed by atoms with E-state index in [1.807, 2.05) is 13.0 Å². The van der Waals surface area contributed by atoms with Crippen LogP contribution in [0.2, 0.25) is 0 Å². The lowest BCUT2D eigenvalue weighted by molar-refractivity contribution is 0.0210. The molecule has 0 saturated carbocycles. The summed E-state index contributed by atoms with van der Waals surface area (Å²) in [4.78, 5) is 12.6. The van der Waals surface area contributed by atoms with E-state index in [2.05, 4.69) is 19.9 Å². The fraction of sp³-hybridized carbons (Fsp3) is 0.320. The number of aromatic hydroxyl groups is 3. The average molecular weight is 424 g/mol. The number of ether oxygens (including phenoxy) is 1. The number of aliphatic hydroxyl groups is 1. The van der Waals surface area contributed by atoms with Crippen molar-refractivity contribution in [3.8, 4) is 23.0 Å². The molecule has 0 unspecified atom stereocenters. The molecule has 3 rings (SSSR count). The van der Waals surface area contributed by atoms with Crippen molar-refractivity contribution in [3.05, 3.63) is 70.3 Å². The summed E-state index contributed by atoms with van der Waals surface area (Å²) < 4.78 is 5.76. The second-order valence-corrected chi connectivity index (χ2v) is 8.15. The van der Waals surface area contributed by atoms with E-state index in [1.54, 1.807) is 12.1 Å². The second kappa shape index (κ2) is 9.27. The maximum absolute atomic E-state index is 12.6. The van der Waals surface area contributed by atoms with Crippen molar-refractivity contribution in [1.29, 1.82) is 0 Å². The summed E-state index contributed by atoms with van der Waals surface area (Å²) in [6, 6.07) is 7.04. The third-order valence-corrected chi connectivity index (χ3v) is 5.32. The number of benzene rings is 2. The second-order valence-electron chi connectivity index (χ2n) is 8.15. The van der Waals surface area contributed by atoms with Gasteiger partial charge in [-0.25, -0.2) is 0 Å². The number of phenolic OH excluding ortho intramolecular Hbond substituents is 3. The van der Waals surface area contributed by atoms with Crippen LogP contribution in [-0.2, 0) is 6.42 Å². The standard InChI is InChI=1S/C25H28O6/c1-14(2)5-4-6-15(3)7-8-16-11-17(9-10-19(16)27)25-24(30)23(29)22-20(28)12-18(26)13-21(22)31-25/h5,7,9-13,24-28,30H,4,6,8H2,1-3H3/b15-7+/t24-,25+/m0/s1. The van der Waals surface area contributed by atoms with Gasteiger partial charge in [0.2, 0.25) is 5.78 Å². The SMILES string of the molecule is CC(C)=CCC/C(C)=C/Cc1cc([C@H]2Oc3cc(O)cc(O)c3C(=O)[C@@H]2O)ccc1O. The molecule has 1 heterocycles. The van der Waals surface area contributed by atoms with Gasteiger partial charge in [-0.3, -0.25) is 4.79 Å². The van der Waals surface area contributed by atoms with E-state index >= 15 is 0 Å². The number of allylic oxidation sites excluding steroid dienone is 4. The highest BCUT2D eigenvalue weighted by molar-refractivity contribution is 6.05. The number of carbonyl (C=O) groups excluding carboxylic acids is 1. The lowest BCUT2D eigenvalue weighted by Crippen LogP contribution is -2.36. The topological polar surface area (TPSA) is 107 Å². The molecule has 6 nitrogen and oxygen atoms in total. The Morgan fingerprint density at radius 1 is 1.03 bits per heavy atom. The van der Waals surface area contributed by atoms with Crippen LogP contribution >= 0.6 is 0 Å². The van der Waals surface area contributed by atoms with Crippen LogP contribution in [0.4, 0.5) is 0 Å². The van der Waals surface area contributed by atoms with Crippen LogP contribution in [0, 0.1) is 0 Å². The first kappa shape index (κ1) is 22.4.